The van der Waals surface area contributed by atoms with Gasteiger partial charge in [0.25, 0.3) is 5.91 Å². The second-order valence-electron chi connectivity index (χ2n) is 6.27. The van der Waals surface area contributed by atoms with Gasteiger partial charge >= 0.3 is 0 Å². The molecule has 0 aliphatic carbocycles. The Morgan fingerprint density at radius 3 is 2.48 bits per heavy atom. The molecule has 25 heavy (non-hydrogen) atoms. The molecule has 6 nitrogen and oxygen atoms in total. The number of rotatable bonds is 4. The number of anilines is 2. The van der Waals surface area contributed by atoms with Gasteiger partial charge < -0.3 is 9.80 Å². The Morgan fingerprint density at radius 2 is 1.84 bits per heavy atom. The Hall–Kier alpha value is -2.41. The fourth-order valence-electron chi connectivity index (χ4n) is 2.97. The zero-order valence-electron chi connectivity index (χ0n) is 14.3. The number of amides is 1. The molecule has 2 heterocycles. The van der Waals surface area contributed by atoms with Crippen LogP contribution in [-0.4, -0.2) is 55.9 Å². The molecule has 0 saturated carbocycles. The van der Waals surface area contributed by atoms with Crippen LogP contribution in [0.2, 0.25) is 0 Å². The van der Waals surface area contributed by atoms with Crippen molar-refractivity contribution in [3.8, 4) is 0 Å². The van der Waals surface area contributed by atoms with E-state index in [9.17, 15) is 13.2 Å². The molecule has 1 amide bonds. The Labute approximate surface area is 148 Å². The van der Waals surface area contributed by atoms with Gasteiger partial charge in [-0.05, 0) is 30.7 Å². The van der Waals surface area contributed by atoms with Crippen LogP contribution in [0.3, 0.4) is 0 Å². The van der Waals surface area contributed by atoms with Crippen LogP contribution in [-0.2, 0) is 9.84 Å². The number of para-hydroxylation sites is 1. The number of carbonyl (C=O) groups is 1. The van der Waals surface area contributed by atoms with Crippen LogP contribution in [0.5, 0.6) is 0 Å². The molecule has 3 rings (SSSR count). The van der Waals surface area contributed by atoms with Crippen molar-refractivity contribution in [2.45, 2.75) is 12.5 Å². The van der Waals surface area contributed by atoms with E-state index in [0.29, 0.717) is 12.1 Å². The van der Waals surface area contributed by atoms with Gasteiger partial charge in [-0.2, -0.15) is 0 Å². The minimum atomic E-state index is -3.04. The minimum Gasteiger partial charge on any atom is -0.345 e. The molecular formula is C18H21N3O3S. The smallest absolute Gasteiger partial charge is 0.272 e. The highest BCUT2D eigenvalue weighted by molar-refractivity contribution is 7.91. The van der Waals surface area contributed by atoms with Gasteiger partial charge in [-0.3, -0.25) is 9.78 Å². The summed E-state index contributed by atoms with van der Waals surface area (Å²) in [7, 11) is 0.528. The van der Waals surface area contributed by atoms with E-state index in [4.69, 9.17) is 0 Å². The lowest BCUT2D eigenvalue weighted by atomic mass is 10.2. The first kappa shape index (κ1) is 17.4. The molecule has 1 aliphatic heterocycles. The summed E-state index contributed by atoms with van der Waals surface area (Å²) in [6.45, 7) is 0. The zero-order chi connectivity index (χ0) is 18.0. The SMILES string of the molecule is CN(c1ccccc1)c1ccnc(C(=O)N(C)C2CCS(=O)(=O)C2)c1. The summed E-state index contributed by atoms with van der Waals surface area (Å²) in [6.07, 6.45) is 2.08. The number of benzene rings is 1. The monoisotopic (exact) mass is 359 g/mol. The quantitative estimate of drug-likeness (QED) is 0.836. The van der Waals surface area contributed by atoms with Crippen molar-refractivity contribution in [1.29, 1.82) is 0 Å². The number of nitrogens with zero attached hydrogens (tertiary/aromatic N) is 3. The van der Waals surface area contributed by atoms with Gasteiger partial charge in [-0.15, -0.1) is 0 Å². The van der Waals surface area contributed by atoms with E-state index in [-0.39, 0.29) is 23.5 Å². The standard InChI is InChI=1S/C18H21N3O3S/c1-20(14-6-4-3-5-7-14)15-8-10-19-17(12-15)18(22)21(2)16-9-11-25(23,24)13-16/h3-8,10,12,16H,9,11,13H2,1-2H3. The molecule has 0 bridgehead atoms. The number of hydrogen-bond acceptors (Lipinski definition) is 5. The number of sulfone groups is 1. The van der Waals surface area contributed by atoms with Crippen molar-refractivity contribution in [3.63, 3.8) is 0 Å². The Balaban J connectivity index is 1.80. The number of pyridine rings is 1. The summed E-state index contributed by atoms with van der Waals surface area (Å²) < 4.78 is 23.3. The maximum Gasteiger partial charge on any atom is 0.272 e. The Kier molecular flexibility index (Phi) is 4.76. The molecule has 1 aliphatic rings. The van der Waals surface area contributed by atoms with E-state index in [1.807, 2.05) is 48.3 Å². The lowest BCUT2D eigenvalue weighted by Crippen LogP contribution is -2.38. The normalized spacial score (nSPS) is 18.7. The molecule has 132 valence electrons. The van der Waals surface area contributed by atoms with Crippen LogP contribution in [0.4, 0.5) is 11.4 Å². The van der Waals surface area contributed by atoms with Gasteiger partial charge in [0.05, 0.1) is 11.5 Å². The summed E-state index contributed by atoms with van der Waals surface area (Å²) in [5.74, 6) is -0.0938. The number of carbonyl (C=O) groups excluding carboxylic acids is 1. The van der Waals surface area contributed by atoms with E-state index in [1.54, 1.807) is 19.3 Å². The summed E-state index contributed by atoms with van der Waals surface area (Å²) >= 11 is 0. The summed E-state index contributed by atoms with van der Waals surface area (Å²) in [6, 6.07) is 13.1. The minimum absolute atomic E-state index is 0.0266. The van der Waals surface area contributed by atoms with E-state index in [0.717, 1.165) is 11.4 Å². The molecule has 0 N–H and O–H groups in total. The van der Waals surface area contributed by atoms with Gasteiger partial charge in [-0.1, -0.05) is 18.2 Å². The first-order valence-corrected chi connectivity index (χ1v) is 9.92. The third-order valence-corrected chi connectivity index (χ3v) is 6.32. The van der Waals surface area contributed by atoms with E-state index >= 15 is 0 Å². The van der Waals surface area contributed by atoms with Crippen molar-refractivity contribution in [2.75, 3.05) is 30.5 Å². The van der Waals surface area contributed by atoms with Crippen molar-refractivity contribution in [3.05, 3.63) is 54.4 Å². The van der Waals surface area contributed by atoms with Crippen LogP contribution in [0.25, 0.3) is 0 Å². The van der Waals surface area contributed by atoms with Crippen LogP contribution in [0.15, 0.2) is 48.7 Å². The van der Waals surface area contributed by atoms with Crippen molar-refractivity contribution >= 4 is 27.1 Å². The molecule has 1 fully saturated rings. The highest BCUT2D eigenvalue weighted by Gasteiger charge is 2.33. The Morgan fingerprint density at radius 1 is 1.12 bits per heavy atom. The molecule has 1 aromatic heterocycles. The average Bonchev–Trinajstić information content (AvgIpc) is 3.00. The van der Waals surface area contributed by atoms with Crippen LogP contribution < -0.4 is 4.90 Å². The van der Waals surface area contributed by atoms with Crippen LogP contribution in [0, 0.1) is 0 Å². The van der Waals surface area contributed by atoms with Gasteiger partial charge in [0.15, 0.2) is 9.84 Å². The third-order valence-electron chi connectivity index (χ3n) is 4.57. The molecule has 1 atom stereocenters. The first-order chi connectivity index (χ1) is 11.9. The Bertz CT molecular complexity index is 868. The molecule has 0 spiro atoms. The summed E-state index contributed by atoms with van der Waals surface area (Å²) in [5, 5.41) is 0. The third kappa shape index (κ3) is 3.82. The first-order valence-electron chi connectivity index (χ1n) is 8.10. The molecule has 1 unspecified atom stereocenters. The zero-order valence-corrected chi connectivity index (χ0v) is 15.1. The van der Waals surface area contributed by atoms with E-state index < -0.39 is 9.84 Å². The largest absolute Gasteiger partial charge is 0.345 e. The van der Waals surface area contributed by atoms with Crippen molar-refractivity contribution in [2.24, 2.45) is 0 Å². The molecular weight excluding hydrogens is 338 g/mol. The topological polar surface area (TPSA) is 70.6 Å². The second kappa shape index (κ2) is 6.84. The van der Waals surface area contributed by atoms with E-state index in [1.165, 1.54) is 4.90 Å². The van der Waals surface area contributed by atoms with Crippen LogP contribution >= 0.6 is 0 Å². The molecule has 2 aromatic rings. The highest BCUT2D eigenvalue weighted by Crippen LogP contribution is 2.24. The van der Waals surface area contributed by atoms with Gasteiger partial charge in [0.2, 0.25) is 0 Å². The van der Waals surface area contributed by atoms with Crippen LogP contribution in [0.1, 0.15) is 16.9 Å². The molecule has 1 aromatic carbocycles. The number of aromatic nitrogens is 1. The lowest BCUT2D eigenvalue weighted by Gasteiger charge is -2.24. The fourth-order valence-corrected chi connectivity index (χ4v) is 4.75. The molecule has 7 heteroatoms. The highest BCUT2D eigenvalue weighted by atomic mass is 32.2. The van der Waals surface area contributed by atoms with Crippen molar-refractivity contribution in [1.82, 2.24) is 9.88 Å². The maximum absolute atomic E-state index is 12.7. The van der Waals surface area contributed by atoms with Gasteiger partial charge in [-0.25, -0.2) is 8.42 Å². The molecule has 1 saturated heterocycles. The maximum atomic E-state index is 12.7. The van der Waals surface area contributed by atoms with Gasteiger partial charge in [0.1, 0.15) is 5.69 Å². The van der Waals surface area contributed by atoms with Crippen molar-refractivity contribution < 1.29 is 13.2 Å². The van der Waals surface area contributed by atoms with E-state index in [2.05, 4.69) is 4.98 Å². The van der Waals surface area contributed by atoms with Gasteiger partial charge in [0, 0.05) is 37.7 Å². The predicted molar refractivity (Wildman–Crippen MR) is 97.9 cm³/mol. The summed E-state index contributed by atoms with van der Waals surface area (Å²) in [4.78, 5) is 20.4. The fraction of sp³-hybridized carbons (Fsp3) is 0.333. The number of hydrogen-bond donors (Lipinski definition) is 0. The predicted octanol–water partition coefficient (Wildman–Crippen LogP) is 2.11. The average molecular weight is 359 g/mol. The lowest BCUT2D eigenvalue weighted by molar-refractivity contribution is 0.0742. The molecule has 0 radical (unpaired) electrons. The summed E-state index contributed by atoms with van der Waals surface area (Å²) in [5.41, 5.74) is 2.16. The second-order valence-corrected chi connectivity index (χ2v) is 8.50.